The maximum Gasteiger partial charge on any atom is 0.146 e. The van der Waals surface area contributed by atoms with Crippen LogP contribution in [-0.4, -0.2) is 14.8 Å². The molecule has 0 atom stereocenters. The van der Waals surface area contributed by atoms with Gasteiger partial charge >= 0.3 is 0 Å². The minimum absolute atomic E-state index is 0.0500. The summed E-state index contributed by atoms with van der Waals surface area (Å²) < 4.78 is 20.5. The molecule has 0 aliphatic heterocycles. The topological polar surface area (TPSA) is 66.0 Å². The Bertz CT molecular complexity index is 785. The Morgan fingerprint density at radius 1 is 1.19 bits per heavy atom. The normalized spacial score (nSPS) is 10.6. The lowest BCUT2D eigenvalue weighted by molar-refractivity contribution is 0.480. The second-order valence-electron chi connectivity index (χ2n) is 4.56. The zero-order valence-electron chi connectivity index (χ0n) is 11.3. The fraction of sp³-hybridized carbons (Fsp3) is 0.0667. The van der Waals surface area contributed by atoms with E-state index in [1.165, 1.54) is 18.2 Å². The molecule has 1 aromatic carbocycles. The number of aromatic nitrogens is 3. The third-order valence-corrected chi connectivity index (χ3v) is 2.94. The van der Waals surface area contributed by atoms with E-state index in [-0.39, 0.29) is 5.69 Å². The molecule has 0 fully saturated rings. The highest BCUT2D eigenvalue weighted by Crippen LogP contribution is 2.27. The van der Waals surface area contributed by atoms with Crippen molar-refractivity contribution in [1.82, 2.24) is 14.8 Å². The molecule has 0 saturated heterocycles. The zero-order valence-corrected chi connectivity index (χ0v) is 11.3. The zero-order chi connectivity index (χ0) is 14.8. The van der Waals surface area contributed by atoms with Crippen LogP contribution in [0.3, 0.4) is 0 Å². The highest BCUT2D eigenvalue weighted by molar-refractivity contribution is 5.59. The number of halogens is 1. The molecule has 0 spiro atoms. The summed E-state index contributed by atoms with van der Waals surface area (Å²) >= 11 is 0. The molecule has 5 nitrogen and oxygen atoms in total. The standard InChI is InChI=1S/C15H13FN4O/c1-20-9-10(8-19-20)15-7-12(4-5-18-15)21-11-2-3-13(16)14(17)6-11/h2-9H,17H2,1H3. The molecule has 2 aromatic heterocycles. The fourth-order valence-electron chi connectivity index (χ4n) is 1.91. The predicted molar refractivity (Wildman–Crippen MR) is 77.3 cm³/mol. The molecule has 21 heavy (non-hydrogen) atoms. The van der Waals surface area contributed by atoms with Gasteiger partial charge in [-0.2, -0.15) is 5.10 Å². The molecule has 3 rings (SSSR count). The van der Waals surface area contributed by atoms with E-state index in [2.05, 4.69) is 10.1 Å². The number of pyridine rings is 1. The van der Waals surface area contributed by atoms with Gasteiger partial charge in [0.05, 0.1) is 17.6 Å². The van der Waals surface area contributed by atoms with Crippen LogP contribution in [0, 0.1) is 5.82 Å². The van der Waals surface area contributed by atoms with Crippen molar-refractivity contribution in [2.75, 3.05) is 5.73 Å². The number of hydrogen-bond donors (Lipinski definition) is 1. The summed E-state index contributed by atoms with van der Waals surface area (Å²) in [6, 6.07) is 7.75. The number of rotatable bonds is 3. The van der Waals surface area contributed by atoms with Gasteiger partial charge in [0.15, 0.2) is 0 Å². The van der Waals surface area contributed by atoms with E-state index in [1.54, 1.807) is 29.2 Å². The minimum atomic E-state index is -0.465. The fourth-order valence-corrected chi connectivity index (χ4v) is 1.91. The highest BCUT2D eigenvalue weighted by atomic mass is 19.1. The average Bonchev–Trinajstić information content (AvgIpc) is 2.90. The molecule has 0 saturated carbocycles. The van der Waals surface area contributed by atoms with Gasteiger partial charge in [-0.05, 0) is 18.2 Å². The lowest BCUT2D eigenvalue weighted by Gasteiger charge is -2.07. The Morgan fingerprint density at radius 3 is 2.71 bits per heavy atom. The van der Waals surface area contributed by atoms with Crippen molar-refractivity contribution in [3.05, 3.63) is 54.7 Å². The lowest BCUT2D eigenvalue weighted by atomic mass is 10.2. The van der Waals surface area contributed by atoms with Gasteiger partial charge in [-0.1, -0.05) is 0 Å². The summed E-state index contributed by atoms with van der Waals surface area (Å²) in [5, 5.41) is 4.11. The molecular formula is C15H13FN4O. The third-order valence-electron chi connectivity index (χ3n) is 2.94. The van der Waals surface area contributed by atoms with Crippen molar-refractivity contribution in [1.29, 1.82) is 0 Å². The summed E-state index contributed by atoms with van der Waals surface area (Å²) in [4.78, 5) is 4.28. The number of aryl methyl sites for hydroxylation is 1. The van der Waals surface area contributed by atoms with Gasteiger partial charge in [0, 0.05) is 37.1 Å². The first-order chi connectivity index (χ1) is 10.1. The summed E-state index contributed by atoms with van der Waals surface area (Å²) in [5.74, 6) is 0.597. The second kappa shape index (κ2) is 5.24. The van der Waals surface area contributed by atoms with Crippen molar-refractivity contribution in [3.63, 3.8) is 0 Å². The molecule has 0 bridgehead atoms. The van der Waals surface area contributed by atoms with Crippen molar-refractivity contribution >= 4 is 5.69 Å². The number of nitrogens with zero attached hydrogens (tertiary/aromatic N) is 3. The molecule has 0 unspecified atom stereocenters. The molecule has 2 heterocycles. The molecule has 2 N–H and O–H groups in total. The first-order valence-electron chi connectivity index (χ1n) is 6.30. The van der Waals surface area contributed by atoms with Crippen LogP contribution < -0.4 is 10.5 Å². The number of ether oxygens (including phenoxy) is 1. The van der Waals surface area contributed by atoms with Crippen LogP contribution in [-0.2, 0) is 7.05 Å². The van der Waals surface area contributed by atoms with Crippen LogP contribution in [0.1, 0.15) is 0 Å². The number of nitrogens with two attached hydrogens (primary N) is 1. The molecular weight excluding hydrogens is 271 g/mol. The molecule has 0 aliphatic carbocycles. The van der Waals surface area contributed by atoms with Crippen molar-refractivity contribution in [3.8, 4) is 22.8 Å². The van der Waals surface area contributed by atoms with Crippen LogP contribution in [0.15, 0.2) is 48.9 Å². The van der Waals surface area contributed by atoms with Crippen LogP contribution in [0.4, 0.5) is 10.1 Å². The van der Waals surface area contributed by atoms with E-state index in [4.69, 9.17) is 10.5 Å². The molecule has 3 aromatic rings. The van der Waals surface area contributed by atoms with Gasteiger partial charge in [0.2, 0.25) is 0 Å². The van der Waals surface area contributed by atoms with Crippen LogP contribution in [0.5, 0.6) is 11.5 Å². The lowest BCUT2D eigenvalue weighted by Crippen LogP contribution is -1.92. The molecule has 106 valence electrons. The molecule has 0 amide bonds. The van der Waals surface area contributed by atoms with E-state index in [0.717, 1.165) is 11.3 Å². The van der Waals surface area contributed by atoms with Gasteiger partial charge in [-0.15, -0.1) is 0 Å². The maximum absolute atomic E-state index is 13.1. The summed E-state index contributed by atoms with van der Waals surface area (Å²) in [6.45, 7) is 0. The first kappa shape index (κ1) is 13.1. The van der Waals surface area contributed by atoms with Gasteiger partial charge in [0.25, 0.3) is 0 Å². The number of hydrogen-bond acceptors (Lipinski definition) is 4. The quantitative estimate of drug-likeness (QED) is 0.751. The average molecular weight is 284 g/mol. The maximum atomic E-state index is 13.1. The van der Waals surface area contributed by atoms with E-state index in [0.29, 0.717) is 11.5 Å². The SMILES string of the molecule is Cn1cc(-c2cc(Oc3ccc(F)c(N)c3)ccn2)cn1. The van der Waals surface area contributed by atoms with E-state index < -0.39 is 5.82 Å². The Balaban J connectivity index is 1.87. The van der Waals surface area contributed by atoms with Crippen molar-refractivity contribution < 1.29 is 9.13 Å². The van der Waals surface area contributed by atoms with Gasteiger partial charge in [0.1, 0.15) is 17.3 Å². The Labute approximate surface area is 120 Å². The number of anilines is 1. The third kappa shape index (κ3) is 2.84. The molecule has 6 heteroatoms. The summed E-state index contributed by atoms with van der Waals surface area (Å²) in [5.41, 5.74) is 7.21. The number of nitrogen functional groups attached to an aromatic ring is 1. The van der Waals surface area contributed by atoms with E-state index in [9.17, 15) is 4.39 Å². The summed E-state index contributed by atoms with van der Waals surface area (Å²) in [6.07, 6.45) is 5.23. The summed E-state index contributed by atoms with van der Waals surface area (Å²) in [7, 11) is 1.84. The highest BCUT2D eigenvalue weighted by Gasteiger charge is 2.06. The van der Waals surface area contributed by atoms with Gasteiger partial charge < -0.3 is 10.5 Å². The first-order valence-corrected chi connectivity index (χ1v) is 6.30. The monoisotopic (exact) mass is 284 g/mol. The van der Waals surface area contributed by atoms with Crippen molar-refractivity contribution in [2.45, 2.75) is 0 Å². The van der Waals surface area contributed by atoms with Crippen LogP contribution in [0.2, 0.25) is 0 Å². The van der Waals surface area contributed by atoms with E-state index >= 15 is 0 Å². The Morgan fingerprint density at radius 2 is 2.00 bits per heavy atom. The van der Waals surface area contributed by atoms with Gasteiger partial charge in [-0.3, -0.25) is 9.67 Å². The predicted octanol–water partition coefficient (Wildman–Crippen LogP) is 3.00. The van der Waals surface area contributed by atoms with E-state index in [1.807, 2.05) is 13.2 Å². The Kier molecular flexibility index (Phi) is 3.27. The molecule has 0 aliphatic rings. The minimum Gasteiger partial charge on any atom is -0.457 e. The van der Waals surface area contributed by atoms with Crippen LogP contribution >= 0.6 is 0 Å². The van der Waals surface area contributed by atoms with Crippen LogP contribution in [0.25, 0.3) is 11.3 Å². The van der Waals surface area contributed by atoms with Gasteiger partial charge in [-0.25, -0.2) is 4.39 Å². The smallest absolute Gasteiger partial charge is 0.146 e. The number of benzene rings is 1. The molecule has 0 radical (unpaired) electrons. The second-order valence-corrected chi connectivity index (χ2v) is 4.56. The Hall–Kier alpha value is -2.89. The largest absolute Gasteiger partial charge is 0.457 e. The van der Waals surface area contributed by atoms with Crippen molar-refractivity contribution in [2.24, 2.45) is 7.05 Å².